The highest BCUT2D eigenvalue weighted by Crippen LogP contribution is 2.24. The fraction of sp³-hybridized carbons (Fsp3) is 0.190. The molecule has 0 saturated carbocycles. The van der Waals surface area contributed by atoms with Crippen LogP contribution in [-0.4, -0.2) is 38.5 Å². The molecule has 1 amide bonds. The third-order valence-electron chi connectivity index (χ3n) is 4.40. The van der Waals surface area contributed by atoms with E-state index in [0.717, 1.165) is 11.4 Å². The van der Waals surface area contributed by atoms with E-state index in [-0.39, 0.29) is 17.2 Å². The topological polar surface area (TPSA) is 99.0 Å². The number of nitrogens with zero attached hydrogens (tertiary/aromatic N) is 4. The van der Waals surface area contributed by atoms with Gasteiger partial charge in [-0.2, -0.15) is 0 Å². The minimum absolute atomic E-state index is 0.0653. The van der Waals surface area contributed by atoms with Gasteiger partial charge in [-0.1, -0.05) is 48.2 Å². The Bertz CT molecular complexity index is 1300. The number of fused-ring (bicyclic) bond motifs is 1. The zero-order chi connectivity index (χ0) is 21.8. The molecule has 4 aromatic rings. The number of anilines is 1. The lowest BCUT2D eigenvalue weighted by molar-refractivity contribution is -0.113. The maximum Gasteiger partial charge on any atom is 0.266 e. The molecule has 2 heterocycles. The van der Waals surface area contributed by atoms with Crippen LogP contribution >= 0.6 is 23.1 Å². The third kappa shape index (κ3) is 4.59. The van der Waals surface area contributed by atoms with E-state index in [1.165, 1.54) is 27.7 Å². The highest BCUT2D eigenvalue weighted by molar-refractivity contribution is 7.99. The van der Waals surface area contributed by atoms with E-state index < -0.39 is 0 Å². The Morgan fingerprint density at radius 1 is 1.19 bits per heavy atom. The number of aryl methyl sites for hydroxylation is 1. The highest BCUT2D eigenvalue weighted by atomic mass is 32.2. The van der Waals surface area contributed by atoms with Crippen molar-refractivity contribution in [1.29, 1.82) is 0 Å². The highest BCUT2D eigenvalue weighted by Gasteiger charge is 2.16. The molecule has 0 saturated heterocycles. The Labute approximate surface area is 186 Å². The summed E-state index contributed by atoms with van der Waals surface area (Å²) in [7, 11) is 1.57. The largest absolute Gasteiger partial charge is 0.497 e. The number of hydrogen-bond acceptors (Lipinski definition) is 8. The van der Waals surface area contributed by atoms with Crippen LogP contribution in [0.15, 0.2) is 58.5 Å². The predicted molar refractivity (Wildman–Crippen MR) is 123 cm³/mol. The van der Waals surface area contributed by atoms with Crippen molar-refractivity contribution in [3.05, 3.63) is 63.9 Å². The molecule has 158 valence electrons. The molecule has 0 unspecified atom stereocenters. The molecule has 10 heteroatoms. The molecule has 31 heavy (non-hydrogen) atoms. The number of para-hydroxylation sites is 1. The summed E-state index contributed by atoms with van der Waals surface area (Å²) in [6.45, 7) is 1.98. The monoisotopic (exact) mass is 453 g/mol. The van der Waals surface area contributed by atoms with E-state index in [1.807, 2.05) is 13.0 Å². The van der Waals surface area contributed by atoms with Crippen LogP contribution < -0.4 is 15.6 Å². The summed E-state index contributed by atoms with van der Waals surface area (Å²) in [5.41, 5.74) is 0.979. The van der Waals surface area contributed by atoms with Crippen molar-refractivity contribution in [2.75, 3.05) is 18.2 Å². The van der Waals surface area contributed by atoms with Crippen molar-refractivity contribution in [2.45, 2.75) is 18.5 Å². The van der Waals surface area contributed by atoms with Gasteiger partial charge in [0.05, 0.1) is 29.5 Å². The van der Waals surface area contributed by atoms with Crippen molar-refractivity contribution in [3.8, 4) is 11.4 Å². The van der Waals surface area contributed by atoms with E-state index in [1.54, 1.807) is 49.6 Å². The molecule has 0 atom stereocenters. The van der Waals surface area contributed by atoms with Crippen LogP contribution in [0.5, 0.6) is 5.75 Å². The van der Waals surface area contributed by atoms with Crippen LogP contribution in [0.1, 0.15) is 11.9 Å². The average Bonchev–Trinajstić information content (AvgIpc) is 3.25. The molecule has 0 aliphatic carbocycles. The van der Waals surface area contributed by atoms with Crippen LogP contribution in [0.3, 0.4) is 0 Å². The van der Waals surface area contributed by atoms with Gasteiger partial charge in [-0.05, 0) is 30.7 Å². The Morgan fingerprint density at radius 3 is 2.81 bits per heavy atom. The molecular formula is C21H19N5O3S2. The number of methoxy groups -OCH3 is 1. The van der Waals surface area contributed by atoms with Crippen molar-refractivity contribution in [1.82, 2.24) is 19.7 Å². The summed E-state index contributed by atoms with van der Waals surface area (Å²) >= 11 is 2.52. The molecule has 0 bridgehead atoms. The Morgan fingerprint density at radius 2 is 2.03 bits per heavy atom. The summed E-state index contributed by atoms with van der Waals surface area (Å²) in [6.07, 6.45) is 0.760. The molecule has 0 aliphatic heterocycles. The van der Waals surface area contributed by atoms with Crippen molar-refractivity contribution >= 4 is 45.0 Å². The van der Waals surface area contributed by atoms with Crippen molar-refractivity contribution in [3.63, 3.8) is 0 Å². The number of hydrogen-bond donors (Lipinski definition) is 1. The lowest BCUT2D eigenvalue weighted by Crippen LogP contribution is -2.23. The fourth-order valence-corrected chi connectivity index (χ4v) is 4.43. The Hall–Kier alpha value is -3.24. The zero-order valence-electron chi connectivity index (χ0n) is 16.9. The first-order valence-electron chi connectivity index (χ1n) is 9.50. The van der Waals surface area contributed by atoms with Gasteiger partial charge in [0.15, 0.2) is 5.16 Å². The summed E-state index contributed by atoms with van der Waals surface area (Å²) in [4.78, 5) is 30.4. The lowest BCUT2D eigenvalue weighted by Gasteiger charge is -2.13. The summed E-state index contributed by atoms with van der Waals surface area (Å²) in [5.74, 6) is 0.438. The second kappa shape index (κ2) is 9.27. The quantitative estimate of drug-likeness (QED) is 0.337. The minimum atomic E-state index is -0.247. The molecule has 0 fully saturated rings. The van der Waals surface area contributed by atoms with Crippen LogP contribution in [0, 0.1) is 0 Å². The van der Waals surface area contributed by atoms with E-state index in [0.29, 0.717) is 32.6 Å². The SMILES string of the molecule is CCc1nnc(NC(=O)CSc2nc3ccccc3c(=O)n2-c2cccc(OC)c2)s1. The second-order valence-electron chi connectivity index (χ2n) is 6.44. The molecule has 0 aliphatic rings. The molecule has 0 radical (unpaired) electrons. The van der Waals surface area contributed by atoms with Crippen molar-refractivity contribution in [2.24, 2.45) is 0 Å². The minimum Gasteiger partial charge on any atom is -0.497 e. The molecule has 2 aromatic heterocycles. The maximum absolute atomic E-state index is 13.3. The Balaban J connectivity index is 1.67. The molecule has 2 aromatic carbocycles. The first-order valence-corrected chi connectivity index (χ1v) is 11.3. The van der Waals surface area contributed by atoms with Crippen molar-refractivity contribution < 1.29 is 9.53 Å². The number of nitrogens with one attached hydrogen (secondary N) is 1. The lowest BCUT2D eigenvalue weighted by atomic mass is 10.2. The van der Waals surface area contributed by atoms with Gasteiger partial charge in [-0.3, -0.25) is 19.5 Å². The summed E-state index contributed by atoms with van der Waals surface area (Å²) in [6, 6.07) is 14.3. The second-order valence-corrected chi connectivity index (χ2v) is 8.45. The van der Waals surface area contributed by atoms with Gasteiger partial charge in [0.2, 0.25) is 11.0 Å². The third-order valence-corrected chi connectivity index (χ3v) is 6.33. The van der Waals surface area contributed by atoms with E-state index in [2.05, 4.69) is 20.5 Å². The Kier molecular flexibility index (Phi) is 6.28. The van der Waals surface area contributed by atoms with Gasteiger partial charge < -0.3 is 4.74 Å². The normalized spacial score (nSPS) is 10.9. The molecular weight excluding hydrogens is 434 g/mol. The number of thioether (sulfide) groups is 1. The number of rotatable bonds is 7. The number of benzene rings is 2. The van der Waals surface area contributed by atoms with E-state index >= 15 is 0 Å². The first-order chi connectivity index (χ1) is 15.1. The van der Waals surface area contributed by atoms with Gasteiger partial charge in [-0.15, -0.1) is 10.2 Å². The van der Waals surface area contributed by atoms with E-state index in [9.17, 15) is 9.59 Å². The number of aromatic nitrogens is 4. The van der Waals surface area contributed by atoms with Crippen LogP contribution in [-0.2, 0) is 11.2 Å². The number of carbonyl (C=O) groups is 1. The molecule has 8 nitrogen and oxygen atoms in total. The molecule has 4 rings (SSSR count). The maximum atomic E-state index is 13.3. The number of ether oxygens (including phenoxy) is 1. The number of amides is 1. The van der Waals surface area contributed by atoms with Gasteiger partial charge in [-0.25, -0.2) is 4.98 Å². The van der Waals surface area contributed by atoms with Gasteiger partial charge in [0, 0.05) is 6.07 Å². The van der Waals surface area contributed by atoms with Crippen LogP contribution in [0.25, 0.3) is 16.6 Å². The average molecular weight is 454 g/mol. The number of carbonyl (C=O) groups excluding carboxylic acids is 1. The van der Waals surface area contributed by atoms with Gasteiger partial charge in [0.1, 0.15) is 10.8 Å². The zero-order valence-corrected chi connectivity index (χ0v) is 18.5. The fourth-order valence-electron chi connectivity index (χ4n) is 2.92. The van der Waals surface area contributed by atoms with Crippen LogP contribution in [0.4, 0.5) is 5.13 Å². The van der Waals surface area contributed by atoms with Crippen LogP contribution in [0.2, 0.25) is 0 Å². The summed E-state index contributed by atoms with van der Waals surface area (Å²) in [5, 5.41) is 12.9. The van der Waals surface area contributed by atoms with Gasteiger partial charge >= 0.3 is 0 Å². The first kappa shape index (κ1) is 21.0. The predicted octanol–water partition coefficient (Wildman–Crippen LogP) is 3.54. The van der Waals surface area contributed by atoms with Gasteiger partial charge in [0.25, 0.3) is 5.56 Å². The molecule has 0 spiro atoms. The summed E-state index contributed by atoms with van der Waals surface area (Å²) < 4.78 is 6.80. The van der Waals surface area contributed by atoms with E-state index in [4.69, 9.17) is 4.74 Å². The standard InChI is InChI=1S/C21H19N5O3S2/c1-3-18-24-25-20(31-18)23-17(27)12-30-21-22-16-10-5-4-9-15(16)19(28)26(21)13-7-6-8-14(11-13)29-2/h4-11H,3,12H2,1-2H3,(H,23,25,27). The molecule has 1 N–H and O–H groups in total. The smallest absolute Gasteiger partial charge is 0.266 e.